The first kappa shape index (κ1) is 17.9. The highest BCUT2D eigenvalue weighted by molar-refractivity contribution is 5.76. The van der Waals surface area contributed by atoms with Crippen LogP contribution in [0.3, 0.4) is 0 Å². The maximum Gasteiger partial charge on any atom is 0.221 e. The van der Waals surface area contributed by atoms with Gasteiger partial charge in [-0.3, -0.25) is 9.69 Å². The van der Waals surface area contributed by atoms with Crippen molar-refractivity contribution in [1.82, 2.24) is 15.1 Å². The number of carbonyl (C=O) groups excluding carboxylic acids is 1. The fraction of sp³-hybridized carbons (Fsp3) is 0.611. The van der Waals surface area contributed by atoms with Crippen LogP contribution in [-0.4, -0.2) is 68.7 Å². The minimum absolute atomic E-state index is 0.0644. The van der Waals surface area contributed by atoms with Crippen LogP contribution in [0.1, 0.15) is 24.9 Å². The van der Waals surface area contributed by atoms with Gasteiger partial charge in [-0.05, 0) is 12.5 Å². The van der Waals surface area contributed by atoms with Crippen LogP contribution < -0.4 is 5.32 Å². The molecule has 0 bridgehead atoms. The summed E-state index contributed by atoms with van der Waals surface area (Å²) in [6, 6.07) is 10.1. The maximum absolute atomic E-state index is 12.1. The number of benzene rings is 1. The largest absolute Gasteiger partial charge is 0.383 e. The molecular formula is C18H29N3O2. The van der Waals surface area contributed by atoms with Crippen LogP contribution >= 0.6 is 0 Å². The van der Waals surface area contributed by atoms with Crippen molar-refractivity contribution in [1.29, 1.82) is 0 Å². The van der Waals surface area contributed by atoms with Crippen molar-refractivity contribution in [2.45, 2.75) is 19.4 Å². The molecular weight excluding hydrogens is 290 g/mol. The fourth-order valence-corrected chi connectivity index (χ4v) is 2.86. The summed E-state index contributed by atoms with van der Waals surface area (Å²) in [5, 5.41) is 3.08. The number of methoxy groups -OCH3 is 1. The highest BCUT2D eigenvalue weighted by Gasteiger charge is 2.17. The van der Waals surface area contributed by atoms with E-state index in [4.69, 9.17) is 4.74 Å². The van der Waals surface area contributed by atoms with Crippen molar-refractivity contribution in [3.63, 3.8) is 0 Å². The molecule has 0 aromatic heterocycles. The normalized spacial score (nSPS) is 17.8. The summed E-state index contributed by atoms with van der Waals surface area (Å²) in [5.74, 6) is 0.128. The van der Waals surface area contributed by atoms with Crippen molar-refractivity contribution < 1.29 is 9.53 Å². The van der Waals surface area contributed by atoms with E-state index in [0.717, 1.165) is 51.4 Å². The van der Waals surface area contributed by atoms with Crippen molar-refractivity contribution in [2.75, 3.05) is 53.0 Å². The van der Waals surface area contributed by atoms with Gasteiger partial charge in [0.15, 0.2) is 0 Å². The third-order valence-electron chi connectivity index (χ3n) is 4.41. The predicted octanol–water partition coefficient (Wildman–Crippen LogP) is 1.52. The lowest BCUT2D eigenvalue weighted by atomic mass is 10.1. The average molecular weight is 319 g/mol. The lowest BCUT2D eigenvalue weighted by Gasteiger charge is -2.34. The van der Waals surface area contributed by atoms with Gasteiger partial charge in [0.2, 0.25) is 5.91 Å². The van der Waals surface area contributed by atoms with E-state index >= 15 is 0 Å². The quantitative estimate of drug-likeness (QED) is 0.789. The molecule has 23 heavy (non-hydrogen) atoms. The van der Waals surface area contributed by atoms with Crippen LogP contribution in [0.25, 0.3) is 0 Å². The summed E-state index contributed by atoms with van der Waals surface area (Å²) in [6.45, 7) is 8.85. The van der Waals surface area contributed by atoms with Crippen LogP contribution in [0.2, 0.25) is 0 Å². The number of piperazine rings is 1. The molecule has 1 amide bonds. The molecule has 5 heteroatoms. The Kier molecular flexibility index (Phi) is 7.52. The molecule has 128 valence electrons. The summed E-state index contributed by atoms with van der Waals surface area (Å²) >= 11 is 0. The molecule has 0 spiro atoms. The van der Waals surface area contributed by atoms with Gasteiger partial charge < -0.3 is 15.0 Å². The Morgan fingerprint density at radius 3 is 2.35 bits per heavy atom. The maximum atomic E-state index is 12.1. The second-order valence-corrected chi connectivity index (χ2v) is 6.13. The molecule has 1 heterocycles. The van der Waals surface area contributed by atoms with E-state index in [0.29, 0.717) is 6.42 Å². The zero-order chi connectivity index (χ0) is 16.5. The SMILES string of the molecule is COCCN1CCN(CCC(=O)NC(C)c2ccccc2)CC1. The van der Waals surface area contributed by atoms with Gasteiger partial charge in [0, 0.05) is 52.8 Å². The van der Waals surface area contributed by atoms with Crippen LogP contribution in [-0.2, 0) is 9.53 Å². The number of rotatable bonds is 8. The van der Waals surface area contributed by atoms with Crippen LogP contribution in [0.5, 0.6) is 0 Å². The van der Waals surface area contributed by atoms with Gasteiger partial charge in [0.25, 0.3) is 0 Å². The van der Waals surface area contributed by atoms with Gasteiger partial charge in [0.1, 0.15) is 0 Å². The molecule has 1 N–H and O–H groups in total. The Morgan fingerprint density at radius 2 is 1.74 bits per heavy atom. The van der Waals surface area contributed by atoms with Gasteiger partial charge in [-0.2, -0.15) is 0 Å². The second-order valence-electron chi connectivity index (χ2n) is 6.13. The van der Waals surface area contributed by atoms with E-state index in [9.17, 15) is 4.79 Å². The van der Waals surface area contributed by atoms with Crippen molar-refractivity contribution in [3.8, 4) is 0 Å². The van der Waals surface area contributed by atoms with Gasteiger partial charge in [-0.15, -0.1) is 0 Å². The molecule has 1 unspecified atom stereocenters. The van der Waals surface area contributed by atoms with E-state index in [2.05, 4.69) is 15.1 Å². The Bertz CT molecular complexity index is 459. The molecule has 0 aliphatic carbocycles. The van der Waals surface area contributed by atoms with Crippen LogP contribution in [0.15, 0.2) is 30.3 Å². The summed E-state index contributed by atoms with van der Waals surface area (Å²) in [6.07, 6.45) is 0.565. The third kappa shape index (κ3) is 6.29. The van der Waals surface area contributed by atoms with E-state index < -0.39 is 0 Å². The Hall–Kier alpha value is -1.43. The highest BCUT2D eigenvalue weighted by atomic mass is 16.5. The van der Waals surface area contributed by atoms with Crippen molar-refractivity contribution >= 4 is 5.91 Å². The highest BCUT2D eigenvalue weighted by Crippen LogP contribution is 2.11. The standard InChI is InChI=1S/C18H29N3O2/c1-16(17-6-4-3-5-7-17)19-18(22)8-9-20-10-12-21(13-11-20)14-15-23-2/h3-7,16H,8-15H2,1-2H3,(H,19,22). The summed E-state index contributed by atoms with van der Waals surface area (Å²) in [4.78, 5) is 16.9. The first-order chi connectivity index (χ1) is 11.2. The Balaban J connectivity index is 1.63. The Labute approximate surface area is 139 Å². The molecule has 0 radical (unpaired) electrons. The topological polar surface area (TPSA) is 44.8 Å². The number of hydrogen-bond donors (Lipinski definition) is 1. The van der Waals surface area contributed by atoms with E-state index in [-0.39, 0.29) is 11.9 Å². The lowest BCUT2D eigenvalue weighted by molar-refractivity contribution is -0.122. The number of ether oxygens (including phenoxy) is 1. The third-order valence-corrected chi connectivity index (χ3v) is 4.41. The van der Waals surface area contributed by atoms with Gasteiger partial charge in [-0.25, -0.2) is 0 Å². The summed E-state index contributed by atoms with van der Waals surface area (Å²) in [7, 11) is 1.74. The molecule has 1 atom stereocenters. The van der Waals surface area contributed by atoms with Crippen LogP contribution in [0.4, 0.5) is 0 Å². The molecule has 0 saturated carbocycles. The zero-order valence-corrected chi connectivity index (χ0v) is 14.3. The van der Waals surface area contributed by atoms with E-state index in [1.807, 2.05) is 37.3 Å². The minimum atomic E-state index is 0.0644. The molecule has 1 aliphatic rings. The van der Waals surface area contributed by atoms with E-state index in [1.165, 1.54) is 0 Å². The average Bonchev–Trinajstić information content (AvgIpc) is 2.59. The van der Waals surface area contributed by atoms with Crippen molar-refractivity contribution in [2.24, 2.45) is 0 Å². The number of nitrogens with one attached hydrogen (secondary N) is 1. The number of nitrogens with zero attached hydrogens (tertiary/aromatic N) is 2. The minimum Gasteiger partial charge on any atom is -0.383 e. The van der Waals surface area contributed by atoms with Crippen LogP contribution in [0, 0.1) is 0 Å². The first-order valence-corrected chi connectivity index (χ1v) is 8.47. The molecule has 1 fully saturated rings. The number of hydrogen-bond acceptors (Lipinski definition) is 4. The summed E-state index contributed by atoms with van der Waals surface area (Å²) in [5.41, 5.74) is 1.15. The molecule has 1 saturated heterocycles. The molecule has 5 nitrogen and oxygen atoms in total. The first-order valence-electron chi connectivity index (χ1n) is 8.47. The number of amides is 1. The molecule has 2 rings (SSSR count). The smallest absolute Gasteiger partial charge is 0.221 e. The van der Waals surface area contributed by atoms with Crippen molar-refractivity contribution in [3.05, 3.63) is 35.9 Å². The number of carbonyl (C=O) groups is 1. The molecule has 1 aromatic carbocycles. The Morgan fingerprint density at radius 1 is 1.13 bits per heavy atom. The monoisotopic (exact) mass is 319 g/mol. The fourth-order valence-electron chi connectivity index (χ4n) is 2.86. The summed E-state index contributed by atoms with van der Waals surface area (Å²) < 4.78 is 5.12. The molecule has 1 aromatic rings. The lowest BCUT2D eigenvalue weighted by Crippen LogP contribution is -2.48. The van der Waals surface area contributed by atoms with Gasteiger partial charge in [-0.1, -0.05) is 30.3 Å². The zero-order valence-electron chi connectivity index (χ0n) is 14.3. The molecule has 1 aliphatic heterocycles. The predicted molar refractivity (Wildman–Crippen MR) is 92.4 cm³/mol. The van der Waals surface area contributed by atoms with Gasteiger partial charge >= 0.3 is 0 Å². The van der Waals surface area contributed by atoms with Gasteiger partial charge in [0.05, 0.1) is 12.6 Å². The second kappa shape index (κ2) is 9.65. The van der Waals surface area contributed by atoms with E-state index in [1.54, 1.807) is 7.11 Å².